The number of amidine groups is 1. The lowest BCUT2D eigenvalue weighted by Gasteiger charge is -2.21. The van der Waals surface area contributed by atoms with E-state index >= 15 is 0 Å². The zero-order chi connectivity index (χ0) is 16.4. The summed E-state index contributed by atoms with van der Waals surface area (Å²) in [4.78, 5) is 33.0. The number of urea groups is 1. The maximum absolute atomic E-state index is 12.4. The number of hydrogen-bond donors (Lipinski definition) is 0. The van der Waals surface area contributed by atoms with Crippen molar-refractivity contribution in [3.63, 3.8) is 0 Å². The zero-order valence-electron chi connectivity index (χ0n) is 12.5. The fraction of sp³-hybridized carbons (Fsp3) is 0.357. The number of rotatable bonds is 4. The third-order valence-electron chi connectivity index (χ3n) is 3.28. The van der Waals surface area contributed by atoms with E-state index in [1.165, 1.54) is 11.9 Å². The molecule has 3 amide bonds. The van der Waals surface area contributed by atoms with Gasteiger partial charge in [-0.15, -0.1) is 11.6 Å². The van der Waals surface area contributed by atoms with Gasteiger partial charge in [0.2, 0.25) is 5.84 Å². The lowest BCUT2D eigenvalue weighted by molar-refractivity contribution is -0.119. The molecule has 2 rings (SSSR count). The minimum atomic E-state index is -0.496. The molecule has 1 aromatic rings. The molecule has 1 fully saturated rings. The predicted octanol–water partition coefficient (Wildman–Crippen LogP) is 2.26. The molecule has 1 unspecified atom stereocenters. The average Bonchev–Trinajstić information content (AvgIpc) is 2.69. The Hall–Kier alpha value is -1.63. The summed E-state index contributed by atoms with van der Waals surface area (Å²) in [7, 11) is 4.99. The van der Waals surface area contributed by atoms with E-state index in [2.05, 4.69) is 4.99 Å². The van der Waals surface area contributed by atoms with E-state index < -0.39 is 18.1 Å². The molecule has 0 radical (unpaired) electrons. The van der Waals surface area contributed by atoms with Gasteiger partial charge in [-0.1, -0.05) is 23.7 Å². The Labute approximate surface area is 138 Å². The Morgan fingerprint density at radius 3 is 2.45 bits per heavy atom. The van der Waals surface area contributed by atoms with Gasteiger partial charge in [-0.05, 0) is 26.2 Å². The highest BCUT2D eigenvalue weighted by Gasteiger charge is 2.42. The van der Waals surface area contributed by atoms with E-state index in [0.717, 1.165) is 4.90 Å². The van der Waals surface area contributed by atoms with Gasteiger partial charge in [-0.3, -0.25) is 14.6 Å². The number of carbonyl (C=O) groups is 2. The largest absolute Gasteiger partial charge is 0.337 e. The van der Waals surface area contributed by atoms with Crippen molar-refractivity contribution in [3.8, 4) is 0 Å². The van der Waals surface area contributed by atoms with Gasteiger partial charge in [0.05, 0.1) is 16.6 Å². The molecule has 1 aliphatic rings. The molecule has 0 aromatic heterocycles. The first-order valence-corrected chi connectivity index (χ1v) is 7.46. The first-order valence-electron chi connectivity index (χ1n) is 6.55. The summed E-state index contributed by atoms with van der Waals surface area (Å²) < 4.78 is 0. The maximum atomic E-state index is 12.4. The molecule has 1 saturated heterocycles. The van der Waals surface area contributed by atoms with Crippen molar-refractivity contribution in [2.75, 3.05) is 31.9 Å². The highest BCUT2D eigenvalue weighted by atomic mass is 35.5. The van der Waals surface area contributed by atoms with Crippen molar-refractivity contribution < 1.29 is 9.59 Å². The van der Waals surface area contributed by atoms with Crippen LogP contribution in [0.15, 0.2) is 29.3 Å². The van der Waals surface area contributed by atoms with Gasteiger partial charge in [-0.2, -0.15) is 0 Å². The number of halogens is 2. The van der Waals surface area contributed by atoms with Crippen LogP contribution in [0.4, 0.5) is 10.5 Å². The van der Waals surface area contributed by atoms with Crippen LogP contribution in [0.5, 0.6) is 0 Å². The second kappa shape index (κ2) is 6.64. The van der Waals surface area contributed by atoms with Crippen molar-refractivity contribution >= 4 is 46.7 Å². The van der Waals surface area contributed by atoms with Crippen LogP contribution in [0, 0.1) is 0 Å². The molecule has 1 aromatic carbocycles. The number of nitrogens with zero attached hydrogens (tertiary/aromatic N) is 4. The molecule has 1 atom stereocenters. The number of aliphatic imine (C=N–C) groups is 1. The second-order valence-corrected chi connectivity index (χ2v) is 5.70. The van der Waals surface area contributed by atoms with Crippen LogP contribution in [0.2, 0.25) is 5.02 Å². The quantitative estimate of drug-likeness (QED) is 0.623. The van der Waals surface area contributed by atoms with E-state index in [-0.39, 0.29) is 11.7 Å². The smallest absolute Gasteiger partial charge is 0.287 e. The summed E-state index contributed by atoms with van der Waals surface area (Å²) in [5, 5.41) is 0.360. The van der Waals surface area contributed by atoms with E-state index in [0.29, 0.717) is 10.7 Å². The highest BCUT2D eigenvalue weighted by Crippen LogP contribution is 2.29. The van der Waals surface area contributed by atoms with Crippen LogP contribution in [-0.2, 0) is 4.79 Å². The Bertz CT molecular complexity index is 633. The molecular formula is C14H16Cl2N4O2. The summed E-state index contributed by atoms with van der Waals surface area (Å²) >= 11 is 12.0. The zero-order valence-corrected chi connectivity index (χ0v) is 14.0. The number of para-hydroxylation sites is 1. The molecular weight excluding hydrogens is 327 g/mol. The first kappa shape index (κ1) is 16.7. The summed E-state index contributed by atoms with van der Waals surface area (Å²) in [5.74, 6) is -0.278. The lowest BCUT2D eigenvalue weighted by atomic mass is 10.3. The van der Waals surface area contributed by atoms with Gasteiger partial charge < -0.3 is 0 Å². The standard InChI is InChI=1S/C14H16Cl2N4O2/c1-18(2)11(8-15)17-12-13(21)19(3)14(22)20(12)10-7-5-4-6-9(10)16/h4-7,11H,8H2,1-3H3. The van der Waals surface area contributed by atoms with Crippen molar-refractivity contribution in [2.24, 2.45) is 4.99 Å². The monoisotopic (exact) mass is 342 g/mol. The van der Waals surface area contributed by atoms with E-state index in [1.807, 2.05) is 0 Å². The summed E-state index contributed by atoms with van der Waals surface area (Å²) in [6.07, 6.45) is -0.426. The number of anilines is 1. The summed E-state index contributed by atoms with van der Waals surface area (Å²) in [6, 6.07) is 6.29. The topological polar surface area (TPSA) is 56.2 Å². The third kappa shape index (κ3) is 2.95. The molecule has 1 heterocycles. The third-order valence-corrected chi connectivity index (χ3v) is 3.88. The Kier molecular flexibility index (Phi) is 5.05. The second-order valence-electron chi connectivity index (χ2n) is 4.98. The minimum absolute atomic E-state index is 0.0138. The van der Waals surface area contributed by atoms with E-state index in [9.17, 15) is 9.59 Å². The van der Waals surface area contributed by atoms with E-state index in [1.54, 1.807) is 43.3 Å². The number of carbonyl (C=O) groups excluding carboxylic acids is 2. The molecule has 22 heavy (non-hydrogen) atoms. The van der Waals surface area contributed by atoms with Crippen LogP contribution in [0.1, 0.15) is 0 Å². The fourth-order valence-electron chi connectivity index (χ4n) is 1.97. The van der Waals surface area contributed by atoms with Crippen LogP contribution < -0.4 is 4.90 Å². The first-order chi connectivity index (χ1) is 10.4. The van der Waals surface area contributed by atoms with Gasteiger partial charge >= 0.3 is 6.03 Å². The van der Waals surface area contributed by atoms with Crippen LogP contribution in [0.25, 0.3) is 0 Å². The van der Waals surface area contributed by atoms with Crippen molar-refractivity contribution in [3.05, 3.63) is 29.3 Å². The Balaban J connectivity index is 2.54. The van der Waals surface area contributed by atoms with Gasteiger partial charge in [0.1, 0.15) is 6.17 Å². The van der Waals surface area contributed by atoms with Crippen LogP contribution >= 0.6 is 23.2 Å². The van der Waals surface area contributed by atoms with Crippen molar-refractivity contribution in [1.82, 2.24) is 9.80 Å². The van der Waals surface area contributed by atoms with Crippen molar-refractivity contribution in [1.29, 1.82) is 0 Å². The molecule has 0 bridgehead atoms. The average molecular weight is 343 g/mol. The van der Waals surface area contributed by atoms with Crippen LogP contribution in [-0.4, -0.2) is 60.8 Å². The van der Waals surface area contributed by atoms with Crippen molar-refractivity contribution in [2.45, 2.75) is 6.17 Å². The Morgan fingerprint density at radius 2 is 1.91 bits per heavy atom. The molecule has 1 aliphatic heterocycles. The number of alkyl halides is 1. The van der Waals surface area contributed by atoms with Gasteiger partial charge in [0.25, 0.3) is 5.91 Å². The number of hydrogen-bond acceptors (Lipinski definition) is 4. The molecule has 8 heteroatoms. The summed E-state index contributed by atoms with van der Waals surface area (Å²) in [6.45, 7) is 0. The summed E-state index contributed by atoms with van der Waals surface area (Å²) in [5.41, 5.74) is 0.415. The SMILES string of the molecule is CN1C(=O)C(=NC(CCl)N(C)C)N(c2ccccc2Cl)C1=O. The molecule has 0 spiro atoms. The number of likely N-dealkylation sites (N-methyl/N-ethyl adjacent to an activating group) is 1. The highest BCUT2D eigenvalue weighted by molar-refractivity contribution is 6.55. The molecule has 118 valence electrons. The fourth-order valence-corrected chi connectivity index (χ4v) is 2.53. The van der Waals surface area contributed by atoms with Gasteiger partial charge in [0, 0.05) is 7.05 Å². The van der Waals surface area contributed by atoms with Gasteiger partial charge in [-0.25, -0.2) is 14.7 Å². The number of amides is 3. The minimum Gasteiger partial charge on any atom is -0.287 e. The van der Waals surface area contributed by atoms with Crippen LogP contribution in [0.3, 0.4) is 0 Å². The number of benzene rings is 1. The lowest BCUT2D eigenvalue weighted by Crippen LogP contribution is -2.35. The number of imide groups is 1. The normalized spacial score (nSPS) is 18.7. The molecule has 0 aliphatic carbocycles. The Morgan fingerprint density at radius 1 is 1.27 bits per heavy atom. The maximum Gasteiger partial charge on any atom is 0.337 e. The molecule has 6 nitrogen and oxygen atoms in total. The predicted molar refractivity (Wildman–Crippen MR) is 87.7 cm³/mol. The van der Waals surface area contributed by atoms with Gasteiger partial charge in [0.15, 0.2) is 0 Å². The molecule has 0 saturated carbocycles. The van der Waals surface area contributed by atoms with E-state index in [4.69, 9.17) is 23.2 Å². The molecule has 0 N–H and O–H groups in total.